The van der Waals surface area contributed by atoms with Crippen LogP contribution in [0.2, 0.25) is 0 Å². The van der Waals surface area contributed by atoms with Crippen LogP contribution < -0.4 is 0 Å². The number of piperidine rings is 1. The summed E-state index contributed by atoms with van der Waals surface area (Å²) < 4.78 is 0. The van der Waals surface area contributed by atoms with Crippen molar-refractivity contribution < 1.29 is 9.90 Å². The van der Waals surface area contributed by atoms with Gasteiger partial charge in [0.05, 0.1) is 0 Å². The van der Waals surface area contributed by atoms with Crippen molar-refractivity contribution in [2.45, 2.75) is 38.6 Å². The lowest BCUT2D eigenvalue weighted by Crippen LogP contribution is -2.42. The summed E-state index contributed by atoms with van der Waals surface area (Å²) in [6, 6.07) is 17.1. The van der Waals surface area contributed by atoms with E-state index in [0.717, 1.165) is 38.8 Å². The van der Waals surface area contributed by atoms with Crippen molar-refractivity contribution in [2.24, 2.45) is 0 Å². The van der Waals surface area contributed by atoms with Crippen molar-refractivity contribution in [3.63, 3.8) is 0 Å². The summed E-state index contributed by atoms with van der Waals surface area (Å²) in [5.74, 6) is -0.730. The van der Waals surface area contributed by atoms with Crippen LogP contribution in [0, 0.1) is 0 Å². The Hall–Kier alpha value is -2.39. The molecule has 134 valence electrons. The van der Waals surface area contributed by atoms with Crippen molar-refractivity contribution in [1.82, 2.24) is 4.90 Å². The maximum Gasteiger partial charge on any atom is 0.320 e. The third kappa shape index (κ3) is 3.08. The number of carboxylic acid groups (broad SMARTS) is 1. The second-order valence-corrected chi connectivity index (χ2v) is 7.34. The highest BCUT2D eigenvalue weighted by atomic mass is 16.4. The van der Waals surface area contributed by atoms with E-state index < -0.39 is 12.0 Å². The van der Waals surface area contributed by atoms with Gasteiger partial charge < -0.3 is 5.11 Å². The SMILES string of the molecule is CC(C(=O)O)N1CCC(=C2c3ccccc3CCc3ccccc32)CC1. The molecule has 2 aromatic rings. The van der Waals surface area contributed by atoms with Gasteiger partial charge in [-0.25, -0.2) is 0 Å². The molecule has 3 nitrogen and oxygen atoms in total. The van der Waals surface area contributed by atoms with E-state index in [0.29, 0.717) is 0 Å². The normalized spacial score (nSPS) is 18.7. The quantitative estimate of drug-likeness (QED) is 0.887. The lowest BCUT2D eigenvalue weighted by atomic mass is 9.86. The van der Waals surface area contributed by atoms with Gasteiger partial charge in [0.15, 0.2) is 0 Å². The fourth-order valence-corrected chi connectivity index (χ4v) is 4.35. The fraction of sp³-hybridized carbons (Fsp3) is 0.348. The van der Waals surface area contributed by atoms with E-state index in [9.17, 15) is 9.90 Å². The monoisotopic (exact) mass is 347 g/mol. The van der Waals surface area contributed by atoms with Gasteiger partial charge in [0.25, 0.3) is 0 Å². The van der Waals surface area contributed by atoms with Gasteiger partial charge in [-0.05, 0) is 60.4 Å². The smallest absolute Gasteiger partial charge is 0.320 e. The molecule has 26 heavy (non-hydrogen) atoms. The van der Waals surface area contributed by atoms with Crippen LogP contribution in [0.4, 0.5) is 0 Å². The zero-order chi connectivity index (χ0) is 18.1. The number of hydrogen-bond donors (Lipinski definition) is 1. The molecular weight excluding hydrogens is 322 g/mol. The van der Waals surface area contributed by atoms with E-state index in [1.165, 1.54) is 33.4 Å². The summed E-state index contributed by atoms with van der Waals surface area (Å²) in [5, 5.41) is 9.29. The van der Waals surface area contributed by atoms with E-state index in [1.807, 2.05) is 0 Å². The third-order valence-electron chi connectivity index (χ3n) is 5.90. The highest BCUT2D eigenvalue weighted by Crippen LogP contribution is 2.38. The van der Waals surface area contributed by atoms with Crippen LogP contribution in [0.1, 0.15) is 42.0 Å². The second-order valence-electron chi connectivity index (χ2n) is 7.34. The van der Waals surface area contributed by atoms with E-state index >= 15 is 0 Å². The van der Waals surface area contributed by atoms with Gasteiger partial charge in [0, 0.05) is 13.1 Å². The van der Waals surface area contributed by atoms with Crippen molar-refractivity contribution in [3.8, 4) is 0 Å². The van der Waals surface area contributed by atoms with Gasteiger partial charge in [-0.15, -0.1) is 0 Å². The summed E-state index contributed by atoms with van der Waals surface area (Å²) in [4.78, 5) is 13.4. The highest BCUT2D eigenvalue weighted by Gasteiger charge is 2.27. The highest BCUT2D eigenvalue weighted by molar-refractivity contribution is 5.86. The molecule has 1 N–H and O–H groups in total. The average Bonchev–Trinajstić information content (AvgIpc) is 2.84. The molecule has 1 fully saturated rings. The molecule has 3 heteroatoms. The van der Waals surface area contributed by atoms with Crippen molar-refractivity contribution >= 4 is 11.5 Å². The van der Waals surface area contributed by atoms with Gasteiger partial charge in [0.2, 0.25) is 0 Å². The second kappa shape index (κ2) is 7.08. The zero-order valence-electron chi connectivity index (χ0n) is 15.2. The molecule has 0 spiro atoms. The molecule has 0 radical (unpaired) electrons. The largest absolute Gasteiger partial charge is 0.480 e. The molecule has 1 atom stereocenters. The molecule has 4 rings (SSSR count). The summed E-state index contributed by atoms with van der Waals surface area (Å²) in [5.41, 5.74) is 8.46. The molecule has 1 aliphatic carbocycles. The molecule has 0 bridgehead atoms. The number of aliphatic carboxylic acids is 1. The van der Waals surface area contributed by atoms with Crippen LogP contribution in [0.5, 0.6) is 0 Å². The number of benzene rings is 2. The number of carboxylic acids is 1. The Labute approximate surface area is 155 Å². The molecule has 0 aromatic heterocycles. The Bertz CT molecular complexity index is 809. The van der Waals surface area contributed by atoms with Gasteiger partial charge in [-0.3, -0.25) is 9.69 Å². The summed E-state index contributed by atoms with van der Waals surface area (Å²) >= 11 is 0. The van der Waals surface area contributed by atoms with Gasteiger partial charge in [-0.1, -0.05) is 54.1 Å². The van der Waals surface area contributed by atoms with Crippen LogP contribution in [-0.2, 0) is 17.6 Å². The number of fused-ring (bicyclic) bond motifs is 2. The van der Waals surface area contributed by atoms with Crippen molar-refractivity contribution in [1.29, 1.82) is 0 Å². The number of rotatable bonds is 2. The van der Waals surface area contributed by atoms with Gasteiger partial charge in [-0.2, -0.15) is 0 Å². The molecule has 1 aliphatic heterocycles. The molecule has 1 saturated heterocycles. The average molecular weight is 347 g/mol. The van der Waals surface area contributed by atoms with E-state index in [-0.39, 0.29) is 0 Å². The number of aryl methyl sites for hydroxylation is 2. The van der Waals surface area contributed by atoms with Crippen molar-refractivity contribution in [3.05, 3.63) is 76.4 Å². The van der Waals surface area contributed by atoms with Crippen LogP contribution in [0.15, 0.2) is 54.1 Å². The summed E-state index contributed by atoms with van der Waals surface area (Å²) in [7, 11) is 0. The van der Waals surface area contributed by atoms with Crippen LogP contribution in [0.3, 0.4) is 0 Å². The number of likely N-dealkylation sites (tertiary alicyclic amines) is 1. The topological polar surface area (TPSA) is 40.5 Å². The lowest BCUT2D eigenvalue weighted by molar-refractivity contribution is -0.142. The number of nitrogens with zero attached hydrogens (tertiary/aromatic N) is 1. The molecule has 0 amide bonds. The Morgan fingerprint density at radius 2 is 1.38 bits per heavy atom. The molecule has 0 saturated carbocycles. The standard InChI is InChI=1S/C23H25NO2/c1-16(23(25)26)24-14-12-19(13-15-24)22-20-8-4-2-6-17(20)10-11-18-7-3-5-9-21(18)22/h2-9,16H,10-15H2,1H3,(H,25,26). The fourth-order valence-electron chi connectivity index (χ4n) is 4.35. The van der Waals surface area contributed by atoms with E-state index in [1.54, 1.807) is 6.92 Å². The van der Waals surface area contributed by atoms with Crippen LogP contribution in [-0.4, -0.2) is 35.1 Å². The Morgan fingerprint density at radius 1 is 0.885 bits per heavy atom. The Morgan fingerprint density at radius 3 is 1.88 bits per heavy atom. The van der Waals surface area contributed by atoms with Gasteiger partial charge >= 0.3 is 5.97 Å². The van der Waals surface area contributed by atoms with Crippen LogP contribution >= 0.6 is 0 Å². The molecular formula is C23H25NO2. The first kappa shape index (κ1) is 17.0. The minimum absolute atomic E-state index is 0.407. The number of hydrogen-bond acceptors (Lipinski definition) is 2. The number of carbonyl (C=O) groups is 1. The van der Waals surface area contributed by atoms with Gasteiger partial charge in [0.1, 0.15) is 6.04 Å². The lowest BCUT2D eigenvalue weighted by Gasteiger charge is -2.32. The maximum atomic E-state index is 11.3. The molecule has 2 aromatic carbocycles. The molecule has 1 heterocycles. The zero-order valence-corrected chi connectivity index (χ0v) is 15.2. The van der Waals surface area contributed by atoms with E-state index in [4.69, 9.17) is 0 Å². The molecule has 2 aliphatic rings. The first-order chi connectivity index (χ1) is 12.6. The minimum atomic E-state index is -0.730. The summed E-state index contributed by atoms with van der Waals surface area (Å²) in [6.45, 7) is 3.42. The molecule has 1 unspecified atom stereocenters. The maximum absolute atomic E-state index is 11.3. The predicted molar refractivity (Wildman–Crippen MR) is 104 cm³/mol. The van der Waals surface area contributed by atoms with Crippen molar-refractivity contribution in [2.75, 3.05) is 13.1 Å². The Balaban J connectivity index is 1.76. The first-order valence-electron chi connectivity index (χ1n) is 9.50. The predicted octanol–water partition coefficient (Wildman–Crippen LogP) is 4.16. The first-order valence-corrected chi connectivity index (χ1v) is 9.50. The minimum Gasteiger partial charge on any atom is -0.480 e. The third-order valence-corrected chi connectivity index (χ3v) is 5.90. The Kier molecular flexibility index (Phi) is 4.64. The van der Waals surface area contributed by atoms with Crippen LogP contribution in [0.25, 0.3) is 5.57 Å². The van der Waals surface area contributed by atoms with E-state index in [2.05, 4.69) is 53.4 Å². The summed E-state index contributed by atoms with van der Waals surface area (Å²) in [6.07, 6.45) is 4.03.